The molecule has 150 valence electrons. The quantitative estimate of drug-likeness (QED) is 0.265. The molecule has 1 unspecified atom stereocenters. The summed E-state index contributed by atoms with van der Waals surface area (Å²) in [7, 11) is 0. The zero-order valence-electron chi connectivity index (χ0n) is 16.5. The molecule has 0 saturated carbocycles. The van der Waals surface area contributed by atoms with E-state index in [0.29, 0.717) is 4.91 Å². The van der Waals surface area contributed by atoms with E-state index in [1.54, 1.807) is 18.2 Å². The van der Waals surface area contributed by atoms with Gasteiger partial charge in [-0.2, -0.15) is 0 Å². The molecule has 29 heavy (non-hydrogen) atoms. The minimum Gasteiger partial charge on any atom is -0.478 e. The zero-order valence-corrected chi connectivity index (χ0v) is 18.1. The minimum absolute atomic E-state index is 0.0988. The highest BCUT2D eigenvalue weighted by molar-refractivity contribution is 8.27. The fourth-order valence-electron chi connectivity index (χ4n) is 3.57. The van der Waals surface area contributed by atoms with Crippen LogP contribution in [0.2, 0.25) is 0 Å². The lowest BCUT2D eigenvalue weighted by atomic mass is 9.98. The first-order chi connectivity index (χ1) is 13.8. The number of ketones is 1. The molecule has 1 atom stereocenters. The number of allylic oxidation sites excluding steroid dienone is 2. The van der Waals surface area contributed by atoms with Gasteiger partial charge in [-0.3, -0.25) is 4.79 Å². The smallest absolute Gasteiger partial charge is 0.335 e. The molecule has 0 bridgehead atoms. The number of rotatable bonds is 7. The number of thiocarbonyl (C=S) groups is 1. The molecule has 0 aliphatic carbocycles. The Hall–Kier alpha value is -2.44. The first kappa shape index (κ1) is 21.3. The number of thioether (sulfide) groups is 1. The highest BCUT2D eigenvalue weighted by atomic mass is 32.2. The second-order valence-electron chi connectivity index (χ2n) is 7.08. The van der Waals surface area contributed by atoms with Gasteiger partial charge in [0.15, 0.2) is 5.78 Å². The number of carbonyl (C=O) groups is 2. The van der Waals surface area contributed by atoms with Crippen LogP contribution in [-0.4, -0.2) is 25.6 Å². The van der Waals surface area contributed by atoms with E-state index in [9.17, 15) is 14.7 Å². The number of Topliss-reactive ketones (excluding diaryl/α,β-unsaturated/α-hetero) is 1. The SMILES string of the molecule is C=CCCCC1C(=O)/C(=C/c2cc(C)n(-c3cccc(C(=O)O)c3)c2C)SC1=S. The van der Waals surface area contributed by atoms with Crippen molar-refractivity contribution in [2.24, 2.45) is 5.92 Å². The van der Waals surface area contributed by atoms with Gasteiger partial charge in [0.1, 0.15) is 0 Å². The number of hydrogen-bond donors (Lipinski definition) is 1. The summed E-state index contributed by atoms with van der Waals surface area (Å²) >= 11 is 6.85. The van der Waals surface area contributed by atoms with Crippen LogP contribution in [0.4, 0.5) is 0 Å². The Morgan fingerprint density at radius 1 is 1.34 bits per heavy atom. The first-order valence-corrected chi connectivity index (χ1v) is 10.7. The number of hydrogen-bond acceptors (Lipinski definition) is 4. The Morgan fingerprint density at radius 3 is 2.79 bits per heavy atom. The Labute approximate surface area is 180 Å². The molecule has 1 aromatic carbocycles. The third-order valence-corrected chi connectivity index (χ3v) is 6.62. The molecule has 0 radical (unpaired) electrons. The number of carboxylic acids is 1. The van der Waals surface area contributed by atoms with Crippen LogP contribution in [0, 0.1) is 19.8 Å². The number of aryl methyl sites for hydroxylation is 1. The molecule has 1 aromatic heterocycles. The summed E-state index contributed by atoms with van der Waals surface area (Å²) in [6, 6.07) is 8.85. The summed E-state index contributed by atoms with van der Waals surface area (Å²) in [6.45, 7) is 7.66. The van der Waals surface area contributed by atoms with Crippen molar-refractivity contribution < 1.29 is 14.7 Å². The van der Waals surface area contributed by atoms with Crippen molar-refractivity contribution in [1.29, 1.82) is 0 Å². The molecular formula is C23H23NO3S2. The van der Waals surface area contributed by atoms with Gasteiger partial charge in [0.05, 0.1) is 20.6 Å². The second-order valence-corrected chi connectivity index (χ2v) is 8.87. The van der Waals surface area contributed by atoms with Gasteiger partial charge in [-0.25, -0.2) is 4.79 Å². The topological polar surface area (TPSA) is 59.3 Å². The third-order valence-electron chi connectivity index (χ3n) is 5.06. The van der Waals surface area contributed by atoms with Crippen LogP contribution in [0.25, 0.3) is 11.8 Å². The molecule has 2 aromatic rings. The van der Waals surface area contributed by atoms with Crippen molar-refractivity contribution in [2.45, 2.75) is 33.1 Å². The minimum atomic E-state index is -0.958. The lowest BCUT2D eigenvalue weighted by Gasteiger charge is -2.10. The van der Waals surface area contributed by atoms with Gasteiger partial charge in [0.25, 0.3) is 0 Å². The summed E-state index contributed by atoms with van der Waals surface area (Å²) in [5, 5.41) is 9.27. The van der Waals surface area contributed by atoms with E-state index >= 15 is 0 Å². The van der Waals surface area contributed by atoms with Gasteiger partial charge >= 0.3 is 5.97 Å². The summed E-state index contributed by atoms with van der Waals surface area (Å²) in [5.74, 6) is -1.06. The molecule has 2 heterocycles. The first-order valence-electron chi connectivity index (χ1n) is 9.44. The van der Waals surface area contributed by atoms with Gasteiger partial charge in [0, 0.05) is 17.1 Å². The van der Waals surface area contributed by atoms with Crippen molar-refractivity contribution in [3.8, 4) is 5.69 Å². The highest BCUT2D eigenvalue weighted by Gasteiger charge is 2.34. The largest absolute Gasteiger partial charge is 0.478 e. The van der Waals surface area contributed by atoms with Gasteiger partial charge < -0.3 is 9.67 Å². The number of benzene rings is 1. The Kier molecular flexibility index (Phi) is 6.55. The summed E-state index contributed by atoms with van der Waals surface area (Å²) in [5.41, 5.74) is 3.88. The Balaban J connectivity index is 1.92. The Morgan fingerprint density at radius 2 is 2.10 bits per heavy atom. The maximum absolute atomic E-state index is 12.8. The van der Waals surface area contributed by atoms with Crippen LogP contribution in [0.5, 0.6) is 0 Å². The van der Waals surface area contributed by atoms with E-state index in [1.165, 1.54) is 11.8 Å². The Bertz CT molecular complexity index is 1030. The van der Waals surface area contributed by atoms with E-state index in [4.69, 9.17) is 12.2 Å². The van der Waals surface area contributed by atoms with E-state index in [2.05, 4.69) is 6.58 Å². The van der Waals surface area contributed by atoms with Crippen molar-refractivity contribution in [3.63, 3.8) is 0 Å². The monoisotopic (exact) mass is 425 g/mol. The summed E-state index contributed by atoms with van der Waals surface area (Å²) in [4.78, 5) is 24.8. The van der Waals surface area contributed by atoms with Crippen molar-refractivity contribution in [1.82, 2.24) is 4.57 Å². The standard InChI is InChI=1S/C23H23NO3S2/c1-4-5-6-10-19-21(25)20(29-23(19)28)13-17-11-14(2)24(15(17)3)18-9-7-8-16(12-18)22(26)27/h4,7-9,11-13,19H,1,5-6,10H2,2-3H3,(H,26,27)/b20-13-. The molecule has 3 rings (SSSR count). The van der Waals surface area contributed by atoms with E-state index in [0.717, 1.165) is 46.1 Å². The molecule has 1 N–H and O–H groups in total. The van der Waals surface area contributed by atoms with Gasteiger partial charge in [-0.15, -0.1) is 6.58 Å². The maximum atomic E-state index is 12.8. The molecule has 6 heteroatoms. The van der Waals surface area contributed by atoms with E-state index in [1.807, 2.05) is 42.7 Å². The lowest BCUT2D eigenvalue weighted by molar-refractivity contribution is -0.116. The van der Waals surface area contributed by atoms with Crippen LogP contribution in [-0.2, 0) is 4.79 Å². The lowest BCUT2D eigenvalue weighted by Crippen LogP contribution is -2.12. The predicted molar refractivity (Wildman–Crippen MR) is 123 cm³/mol. The van der Waals surface area contributed by atoms with Crippen molar-refractivity contribution >= 4 is 46.0 Å². The fourth-order valence-corrected chi connectivity index (χ4v) is 5.08. The fraction of sp³-hybridized carbons (Fsp3) is 0.261. The number of unbranched alkanes of at least 4 members (excludes halogenated alkanes) is 1. The van der Waals surface area contributed by atoms with Gasteiger partial charge in [-0.05, 0) is 69.0 Å². The van der Waals surface area contributed by atoms with Crippen LogP contribution in [0.3, 0.4) is 0 Å². The summed E-state index contributed by atoms with van der Waals surface area (Å²) < 4.78 is 2.75. The number of aromatic nitrogens is 1. The van der Waals surface area contributed by atoms with E-state index < -0.39 is 5.97 Å². The predicted octanol–water partition coefficient (Wildman–Crippen LogP) is 5.75. The second kappa shape index (κ2) is 8.93. The van der Waals surface area contributed by atoms with Crippen LogP contribution in [0.15, 0.2) is 47.9 Å². The molecule has 0 spiro atoms. The molecule has 1 aliphatic rings. The molecule has 0 amide bonds. The number of carbonyl (C=O) groups excluding carboxylic acids is 1. The molecule has 1 aliphatic heterocycles. The highest BCUT2D eigenvalue weighted by Crippen LogP contribution is 2.39. The van der Waals surface area contributed by atoms with Crippen molar-refractivity contribution in [2.75, 3.05) is 0 Å². The molecule has 1 fully saturated rings. The zero-order chi connectivity index (χ0) is 21.1. The normalized spacial score (nSPS) is 17.9. The number of nitrogens with zero attached hydrogens (tertiary/aromatic N) is 1. The van der Waals surface area contributed by atoms with Crippen LogP contribution < -0.4 is 0 Å². The number of aromatic carboxylic acids is 1. The molecule has 1 saturated heterocycles. The molecule has 4 nitrogen and oxygen atoms in total. The van der Waals surface area contributed by atoms with Crippen LogP contribution >= 0.6 is 24.0 Å². The number of carboxylic acid groups (broad SMARTS) is 1. The van der Waals surface area contributed by atoms with E-state index in [-0.39, 0.29) is 17.3 Å². The van der Waals surface area contributed by atoms with Crippen molar-refractivity contribution in [3.05, 3.63) is 70.4 Å². The summed E-state index contributed by atoms with van der Waals surface area (Å²) in [6.07, 6.45) is 6.32. The maximum Gasteiger partial charge on any atom is 0.335 e. The average molecular weight is 426 g/mol. The van der Waals surface area contributed by atoms with Crippen LogP contribution in [0.1, 0.15) is 46.6 Å². The van der Waals surface area contributed by atoms with Gasteiger partial charge in [0.2, 0.25) is 0 Å². The third kappa shape index (κ3) is 4.43. The van der Waals surface area contributed by atoms with Gasteiger partial charge in [-0.1, -0.05) is 36.1 Å². The average Bonchev–Trinajstić information content (AvgIpc) is 3.11. The molecular weight excluding hydrogens is 402 g/mol.